The Balaban J connectivity index is 1.88. The fraction of sp³-hybridized carbons (Fsp3) is 0.688. The summed E-state index contributed by atoms with van der Waals surface area (Å²) >= 11 is 1.77. The van der Waals surface area contributed by atoms with Gasteiger partial charge < -0.3 is 9.88 Å². The summed E-state index contributed by atoms with van der Waals surface area (Å²) in [6.45, 7) is 5.44. The van der Waals surface area contributed by atoms with E-state index in [0.717, 1.165) is 17.9 Å². The summed E-state index contributed by atoms with van der Waals surface area (Å²) in [6, 6.07) is 3.48. The number of amides is 1. The zero-order chi connectivity index (χ0) is 17.6. The van der Waals surface area contributed by atoms with E-state index in [0.29, 0.717) is 19.0 Å². The summed E-state index contributed by atoms with van der Waals surface area (Å²) in [5.41, 5.74) is 0. The van der Waals surface area contributed by atoms with Gasteiger partial charge in [0.05, 0.1) is 5.75 Å². The maximum Gasteiger partial charge on any atom is 0.243 e. The molecule has 1 aromatic rings. The van der Waals surface area contributed by atoms with Crippen molar-refractivity contribution >= 4 is 27.7 Å². The Kier molecular flexibility index (Phi) is 7.18. The Labute approximate surface area is 149 Å². The highest BCUT2D eigenvalue weighted by atomic mass is 32.2. The van der Waals surface area contributed by atoms with Gasteiger partial charge in [0.2, 0.25) is 15.9 Å². The van der Waals surface area contributed by atoms with Crippen molar-refractivity contribution in [1.82, 2.24) is 14.2 Å². The first-order valence-corrected chi connectivity index (χ1v) is 11.1. The Morgan fingerprint density at radius 1 is 1.21 bits per heavy atom. The lowest BCUT2D eigenvalue weighted by atomic mass is 10.0. The summed E-state index contributed by atoms with van der Waals surface area (Å²) in [4.78, 5) is 12.5. The van der Waals surface area contributed by atoms with Crippen LogP contribution in [0.5, 0.6) is 0 Å². The second-order valence-corrected chi connectivity index (χ2v) is 9.71. The Morgan fingerprint density at radius 2 is 1.83 bits per heavy atom. The van der Waals surface area contributed by atoms with E-state index in [2.05, 4.69) is 19.2 Å². The molecule has 1 fully saturated rings. The van der Waals surface area contributed by atoms with Crippen molar-refractivity contribution in [2.24, 2.45) is 5.92 Å². The highest BCUT2D eigenvalue weighted by Crippen LogP contribution is 2.18. The zero-order valence-corrected chi connectivity index (χ0v) is 16.0. The first-order valence-electron chi connectivity index (χ1n) is 8.36. The lowest BCUT2D eigenvalue weighted by Gasteiger charge is -2.26. The normalized spacial score (nSPS) is 17.8. The lowest BCUT2D eigenvalue weighted by molar-refractivity contribution is -0.124. The second kappa shape index (κ2) is 8.92. The number of thioether (sulfide) groups is 1. The number of rotatable bonds is 8. The molecule has 1 aliphatic heterocycles. The monoisotopic (exact) mass is 373 g/mol. The van der Waals surface area contributed by atoms with Crippen molar-refractivity contribution in [3.05, 3.63) is 24.5 Å². The van der Waals surface area contributed by atoms with Crippen molar-refractivity contribution in [1.29, 1.82) is 0 Å². The highest BCUT2D eigenvalue weighted by Gasteiger charge is 2.25. The number of sulfonamides is 1. The molecule has 1 aliphatic rings. The van der Waals surface area contributed by atoms with Gasteiger partial charge in [-0.25, -0.2) is 12.7 Å². The lowest BCUT2D eigenvalue weighted by Crippen LogP contribution is -2.42. The molecule has 1 aromatic heterocycles. The molecule has 0 aliphatic carbocycles. The third-order valence-corrected chi connectivity index (χ3v) is 6.82. The van der Waals surface area contributed by atoms with Crippen molar-refractivity contribution in [3.8, 4) is 0 Å². The van der Waals surface area contributed by atoms with Crippen LogP contribution in [-0.2, 0) is 14.8 Å². The van der Waals surface area contributed by atoms with Gasteiger partial charge >= 0.3 is 0 Å². The molecule has 0 aromatic carbocycles. The Hall–Kier alpha value is -0.990. The molecule has 24 heavy (non-hydrogen) atoms. The molecule has 0 spiro atoms. The van der Waals surface area contributed by atoms with Gasteiger partial charge in [-0.1, -0.05) is 13.8 Å². The van der Waals surface area contributed by atoms with E-state index in [1.165, 1.54) is 4.31 Å². The van der Waals surface area contributed by atoms with Crippen LogP contribution in [-0.4, -0.2) is 60.1 Å². The van der Waals surface area contributed by atoms with E-state index in [9.17, 15) is 13.2 Å². The van der Waals surface area contributed by atoms with Crippen molar-refractivity contribution in [2.75, 3.05) is 36.9 Å². The van der Waals surface area contributed by atoms with Crippen LogP contribution in [0.25, 0.3) is 0 Å². The number of carbonyl (C=O) groups excluding carboxylic acids is 1. The molecule has 1 atom stereocenters. The van der Waals surface area contributed by atoms with Crippen LogP contribution in [0.1, 0.15) is 26.3 Å². The minimum Gasteiger partial charge on any atom is -0.353 e. The van der Waals surface area contributed by atoms with Gasteiger partial charge in [-0.15, -0.1) is 0 Å². The van der Waals surface area contributed by atoms with Crippen LogP contribution in [0.4, 0.5) is 0 Å². The maximum atomic E-state index is 12.5. The fourth-order valence-electron chi connectivity index (χ4n) is 2.74. The molecule has 136 valence electrons. The predicted molar refractivity (Wildman–Crippen MR) is 98.6 cm³/mol. The summed E-state index contributed by atoms with van der Waals surface area (Å²) in [7, 11) is -3.28. The van der Waals surface area contributed by atoms with Gasteiger partial charge in [0.15, 0.2) is 0 Å². The van der Waals surface area contributed by atoms with Crippen LogP contribution in [0.2, 0.25) is 0 Å². The molecular weight excluding hydrogens is 346 g/mol. The van der Waals surface area contributed by atoms with E-state index in [-0.39, 0.29) is 24.2 Å². The van der Waals surface area contributed by atoms with Gasteiger partial charge in [-0.05, 0) is 24.5 Å². The number of nitrogens with zero attached hydrogens (tertiary/aromatic N) is 2. The molecule has 0 bridgehead atoms. The van der Waals surface area contributed by atoms with Gasteiger partial charge in [-0.3, -0.25) is 4.79 Å². The van der Waals surface area contributed by atoms with Crippen LogP contribution in [0, 0.1) is 5.92 Å². The molecule has 0 unspecified atom stereocenters. The average Bonchev–Trinajstić information content (AvgIpc) is 3.07. The first-order chi connectivity index (χ1) is 11.4. The fourth-order valence-corrected chi connectivity index (χ4v) is 5.23. The minimum absolute atomic E-state index is 0.0382. The number of hydrogen-bond acceptors (Lipinski definition) is 4. The molecule has 6 nitrogen and oxygen atoms in total. The number of carbonyl (C=O) groups is 1. The molecule has 2 heterocycles. The van der Waals surface area contributed by atoms with E-state index >= 15 is 0 Å². The smallest absolute Gasteiger partial charge is 0.243 e. The van der Waals surface area contributed by atoms with Gasteiger partial charge in [0, 0.05) is 43.5 Å². The quantitative estimate of drug-likeness (QED) is 0.751. The van der Waals surface area contributed by atoms with E-state index in [1.807, 2.05) is 29.1 Å². The standard InChI is InChI=1S/C16H27N3O3S2/c1-14(2)13-15(18-6-3-4-7-18)16(20)17-5-12-24(21,22)19-8-10-23-11-9-19/h3-4,6-7,14-15H,5,8-13H2,1-2H3,(H,17,20)/t15-/m0/s1. The van der Waals surface area contributed by atoms with Crippen molar-refractivity contribution < 1.29 is 13.2 Å². The van der Waals surface area contributed by atoms with Gasteiger partial charge in [-0.2, -0.15) is 11.8 Å². The molecule has 8 heteroatoms. The van der Waals surface area contributed by atoms with E-state index in [4.69, 9.17) is 0 Å². The minimum atomic E-state index is -3.28. The van der Waals surface area contributed by atoms with Crippen LogP contribution in [0.15, 0.2) is 24.5 Å². The molecule has 0 saturated carbocycles. The molecule has 1 N–H and O–H groups in total. The second-order valence-electron chi connectivity index (χ2n) is 6.39. The van der Waals surface area contributed by atoms with E-state index < -0.39 is 10.0 Å². The summed E-state index contributed by atoms with van der Waals surface area (Å²) in [5, 5.41) is 2.80. The van der Waals surface area contributed by atoms with Gasteiger partial charge in [0.1, 0.15) is 6.04 Å². The molecular formula is C16H27N3O3S2. The average molecular weight is 374 g/mol. The van der Waals surface area contributed by atoms with Crippen LogP contribution in [0.3, 0.4) is 0 Å². The number of aromatic nitrogens is 1. The summed E-state index contributed by atoms with van der Waals surface area (Å²) in [5.74, 6) is 1.90. The zero-order valence-electron chi connectivity index (χ0n) is 14.3. The SMILES string of the molecule is CC(C)C[C@@H](C(=O)NCCS(=O)(=O)N1CCSCC1)n1cccc1. The predicted octanol–water partition coefficient (Wildman–Crippen LogP) is 1.57. The van der Waals surface area contributed by atoms with Crippen molar-refractivity contribution in [2.45, 2.75) is 26.3 Å². The third-order valence-electron chi connectivity index (χ3n) is 4.01. The first kappa shape index (κ1) is 19.3. The number of hydrogen-bond donors (Lipinski definition) is 1. The Bertz CT molecular complexity index is 609. The van der Waals surface area contributed by atoms with Crippen LogP contribution < -0.4 is 5.32 Å². The topological polar surface area (TPSA) is 71.4 Å². The number of nitrogens with one attached hydrogen (secondary N) is 1. The summed E-state index contributed by atoms with van der Waals surface area (Å²) in [6.07, 6.45) is 4.46. The third kappa shape index (κ3) is 5.53. The Morgan fingerprint density at radius 3 is 2.42 bits per heavy atom. The highest BCUT2D eigenvalue weighted by molar-refractivity contribution is 7.99. The molecule has 1 amide bonds. The molecule has 2 rings (SSSR count). The molecule has 0 radical (unpaired) electrons. The van der Waals surface area contributed by atoms with E-state index in [1.54, 1.807) is 11.8 Å². The summed E-state index contributed by atoms with van der Waals surface area (Å²) < 4.78 is 28.0. The van der Waals surface area contributed by atoms with Crippen molar-refractivity contribution in [3.63, 3.8) is 0 Å². The molecule has 1 saturated heterocycles. The largest absolute Gasteiger partial charge is 0.353 e. The van der Waals surface area contributed by atoms with Crippen LogP contribution >= 0.6 is 11.8 Å². The maximum absolute atomic E-state index is 12.5. The van der Waals surface area contributed by atoms with Gasteiger partial charge in [0.25, 0.3) is 0 Å².